The Labute approximate surface area is 189 Å². The fourth-order valence-electron chi connectivity index (χ4n) is 3.38. The molecule has 2 aromatic carbocycles. The van der Waals surface area contributed by atoms with E-state index in [0.29, 0.717) is 23.0 Å². The van der Waals surface area contributed by atoms with Gasteiger partial charge in [-0.2, -0.15) is 0 Å². The summed E-state index contributed by atoms with van der Waals surface area (Å²) in [7, 11) is 0. The third kappa shape index (κ3) is 4.90. The molecule has 7 nitrogen and oxygen atoms in total. The van der Waals surface area contributed by atoms with Crippen molar-refractivity contribution in [2.24, 2.45) is 0 Å². The largest absolute Gasteiger partial charge is 0.466 e. The number of halogens is 1. The maximum atomic E-state index is 12.8. The van der Waals surface area contributed by atoms with Gasteiger partial charge >= 0.3 is 12.0 Å². The summed E-state index contributed by atoms with van der Waals surface area (Å²) in [5.41, 5.74) is 4.41. The van der Waals surface area contributed by atoms with Crippen LogP contribution in [0.25, 0.3) is 22.2 Å². The predicted molar refractivity (Wildman–Crippen MR) is 126 cm³/mol. The van der Waals surface area contributed by atoms with E-state index in [1.807, 2.05) is 18.2 Å². The second-order valence-corrected chi connectivity index (χ2v) is 7.50. The molecule has 0 saturated carbocycles. The van der Waals surface area contributed by atoms with Gasteiger partial charge in [0.1, 0.15) is 0 Å². The number of carbonyl (C=O) groups excluding carboxylic acids is 2. The van der Waals surface area contributed by atoms with Gasteiger partial charge < -0.3 is 20.4 Å². The molecule has 2 aromatic heterocycles. The van der Waals surface area contributed by atoms with Gasteiger partial charge in [0.25, 0.3) is 0 Å². The molecule has 0 atom stereocenters. The zero-order chi connectivity index (χ0) is 22.5. The van der Waals surface area contributed by atoms with Gasteiger partial charge in [-0.25, -0.2) is 4.79 Å². The van der Waals surface area contributed by atoms with Gasteiger partial charge in [0.05, 0.1) is 24.4 Å². The minimum atomic E-state index is -0.408. The Balaban J connectivity index is 1.55. The average molecular weight is 449 g/mol. The number of benzene rings is 2. The Kier molecular flexibility index (Phi) is 6.37. The number of anilines is 2. The van der Waals surface area contributed by atoms with Crippen LogP contribution in [-0.2, 0) is 16.0 Å². The van der Waals surface area contributed by atoms with E-state index in [4.69, 9.17) is 16.3 Å². The third-order valence-electron chi connectivity index (χ3n) is 4.81. The number of pyridine rings is 1. The van der Waals surface area contributed by atoms with Crippen molar-refractivity contribution in [2.75, 3.05) is 17.2 Å². The van der Waals surface area contributed by atoms with E-state index in [0.717, 1.165) is 27.7 Å². The number of nitrogens with zero attached hydrogens (tertiary/aromatic N) is 1. The summed E-state index contributed by atoms with van der Waals surface area (Å²) in [6.45, 7) is 2.11. The summed E-state index contributed by atoms with van der Waals surface area (Å²) in [5.74, 6) is -0.285. The van der Waals surface area contributed by atoms with Crippen LogP contribution >= 0.6 is 11.6 Å². The Bertz CT molecular complexity index is 1250. The number of amides is 2. The Hall–Kier alpha value is -3.84. The van der Waals surface area contributed by atoms with Crippen molar-refractivity contribution in [1.82, 2.24) is 9.97 Å². The Morgan fingerprint density at radius 3 is 2.62 bits per heavy atom. The summed E-state index contributed by atoms with van der Waals surface area (Å²) in [5, 5.41) is 7.10. The summed E-state index contributed by atoms with van der Waals surface area (Å²) < 4.78 is 4.96. The fraction of sp³-hybridized carbons (Fsp3) is 0.125. The summed E-state index contributed by atoms with van der Waals surface area (Å²) in [6.07, 6.45) is 3.59. The molecule has 0 spiro atoms. The number of esters is 1. The SMILES string of the molecule is CCOC(=O)Cc1ccc(NC(=O)Nc2c(-c3cccnc3)[nH]c3ccc(Cl)cc23)cc1. The van der Waals surface area contributed by atoms with E-state index < -0.39 is 6.03 Å². The number of aromatic amines is 1. The molecule has 2 amide bonds. The highest BCUT2D eigenvalue weighted by Gasteiger charge is 2.16. The smallest absolute Gasteiger partial charge is 0.323 e. The number of urea groups is 1. The van der Waals surface area contributed by atoms with Crippen LogP contribution in [-0.4, -0.2) is 28.6 Å². The number of rotatable bonds is 6. The summed E-state index contributed by atoms with van der Waals surface area (Å²) in [4.78, 5) is 31.9. The molecule has 4 rings (SSSR count). The lowest BCUT2D eigenvalue weighted by Gasteiger charge is -2.10. The molecule has 0 bridgehead atoms. The molecule has 4 aromatic rings. The molecule has 0 aliphatic carbocycles. The van der Waals surface area contributed by atoms with Crippen LogP contribution in [0.1, 0.15) is 12.5 Å². The zero-order valence-electron chi connectivity index (χ0n) is 17.3. The van der Waals surface area contributed by atoms with E-state index in [1.165, 1.54) is 0 Å². The van der Waals surface area contributed by atoms with Crippen molar-refractivity contribution in [3.63, 3.8) is 0 Å². The Morgan fingerprint density at radius 1 is 1.09 bits per heavy atom. The highest BCUT2D eigenvalue weighted by molar-refractivity contribution is 6.31. The monoisotopic (exact) mass is 448 g/mol. The number of H-pyrrole nitrogens is 1. The topological polar surface area (TPSA) is 96.1 Å². The second-order valence-electron chi connectivity index (χ2n) is 7.06. The normalized spacial score (nSPS) is 10.7. The van der Waals surface area contributed by atoms with E-state index in [9.17, 15) is 9.59 Å². The molecule has 3 N–H and O–H groups in total. The first-order valence-corrected chi connectivity index (χ1v) is 10.5. The van der Waals surface area contributed by atoms with Crippen LogP contribution in [0.4, 0.5) is 16.2 Å². The molecule has 0 radical (unpaired) electrons. The van der Waals surface area contributed by atoms with Crippen molar-refractivity contribution in [3.8, 4) is 11.3 Å². The van der Waals surface area contributed by atoms with Crippen molar-refractivity contribution < 1.29 is 14.3 Å². The highest BCUT2D eigenvalue weighted by atomic mass is 35.5. The van der Waals surface area contributed by atoms with Gasteiger partial charge in [-0.1, -0.05) is 23.7 Å². The van der Waals surface area contributed by atoms with Crippen molar-refractivity contribution in [2.45, 2.75) is 13.3 Å². The molecule has 0 aliphatic rings. The van der Waals surface area contributed by atoms with Crippen LogP contribution in [0, 0.1) is 0 Å². The van der Waals surface area contributed by atoms with Crippen LogP contribution in [0.3, 0.4) is 0 Å². The molecular weight excluding hydrogens is 428 g/mol. The number of nitrogens with one attached hydrogen (secondary N) is 3. The second kappa shape index (κ2) is 9.53. The van der Waals surface area contributed by atoms with Crippen LogP contribution in [0.15, 0.2) is 67.0 Å². The molecular formula is C24H21ClN4O3. The molecule has 8 heteroatoms. The lowest BCUT2D eigenvalue weighted by atomic mass is 10.1. The van der Waals surface area contributed by atoms with Gasteiger partial charge in [0.2, 0.25) is 0 Å². The molecule has 0 aliphatic heterocycles. The van der Waals surface area contributed by atoms with E-state index >= 15 is 0 Å². The predicted octanol–water partition coefficient (Wildman–Crippen LogP) is 5.63. The van der Waals surface area contributed by atoms with Crippen LogP contribution in [0.2, 0.25) is 5.02 Å². The van der Waals surface area contributed by atoms with Gasteiger partial charge in [-0.3, -0.25) is 9.78 Å². The fourth-order valence-corrected chi connectivity index (χ4v) is 3.55. The third-order valence-corrected chi connectivity index (χ3v) is 5.05. The summed E-state index contributed by atoms with van der Waals surface area (Å²) in [6, 6.07) is 15.8. The van der Waals surface area contributed by atoms with Gasteiger partial charge in [0, 0.05) is 39.6 Å². The maximum absolute atomic E-state index is 12.8. The molecule has 2 heterocycles. The van der Waals surface area contributed by atoms with Crippen molar-refractivity contribution >= 4 is 45.9 Å². The van der Waals surface area contributed by atoms with E-state index in [-0.39, 0.29) is 12.4 Å². The minimum Gasteiger partial charge on any atom is -0.466 e. The zero-order valence-corrected chi connectivity index (χ0v) is 18.1. The number of hydrogen-bond donors (Lipinski definition) is 3. The lowest BCUT2D eigenvalue weighted by Crippen LogP contribution is -2.19. The molecule has 0 saturated heterocycles. The van der Waals surface area contributed by atoms with Crippen LogP contribution < -0.4 is 10.6 Å². The maximum Gasteiger partial charge on any atom is 0.323 e. The Morgan fingerprint density at radius 2 is 1.91 bits per heavy atom. The number of carbonyl (C=O) groups is 2. The van der Waals surface area contributed by atoms with E-state index in [2.05, 4.69) is 20.6 Å². The first kappa shape index (κ1) is 21.4. The van der Waals surface area contributed by atoms with Gasteiger partial charge in [-0.05, 0) is 55.0 Å². The quantitative estimate of drug-likeness (QED) is 0.333. The average Bonchev–Trinajstić information content (AvgIpc) is 3.13. The van der Waals surface area contributed by atoms with Gasteiger partial charge in [-0.15, -0.1) is 0 Å². The first-order chi connectivity index (χ1) is 15.5. The number of ether oxygens (including phenoxy) is 1. The number of fused-ring (bicyclic) bond motifs is 1. The minimum absolute atomic E-state index is 0.185. The number of aromatic nitrogens is 2. The van der Waals surface area contributed by atoms with Crippen molar-refractivity contribution in [3.05, 3.63) is 77.6 Å². The highest BCUT2D eigenvalue weighted by Crippen LogP contribution is 2.36. The number of hydrogen-bond acceptors (Lipinski definition) is 4. The molecule has 0 fully saturated rings. The summed E-state index contributed by atoms with van der Waals surface area (Å²) >= 11 is 6.20. The molecule has 162 valence electrons. The first-order valence-electron chi connectivity index (χ1n) is 10.1. The molecule has 32 heavy (non-hydrogen) atoms. The lowest BCUT2D eigenvalue weighted by molar-refractivity contribution is -0.142. The molecule has 0 unspecified atom stereocenters. The van der Waals surface area contributed by atoms with Crippen molar-refractivity contribution in [1.29, 1.82) is 0 Å². The standard InChI is InChI=1S/C24H21ClN4O3/c1-2-32-21(30)12-15-5-8-18(9-6-15)27-24(31)29-23-19-13-17(25)7-10-20(19)28-22(23)16-4-3-11-26-14-16/h3-11,13-14,28H,2,12H2,1H3,(H2,27,29,31). The van der Waals surface area contributed by atoms with Gasteiger partial charge in [0.15, 0.2) is 0 Å². The van der Waals surface area contributed by atoms with Crippen LogP contribution in [0.5, 0.6) is 0 Å². The van der Waals surface area contributed by atoms with E-state index in [1.54, 1.807) is 55.7 Å².